The molecule has 16 heteroatoms. The number of aliphatic hydroxyl groups is 2. The highest BCUT2D eigenvalue weighted by Gasteiger charge is 2.61. The monoisotopic (exact) mass is 679 g/mol. The van der Waals surface area contributed by atoms with Crippen LogP contribution in [-0.2, 0) is 33.8 Å². The van der Waals surface area contributed by atoms with Gasteiger partial charge < -0.3 is 29.5 Å². The van der Waals surface area contributed by atoms with Crippen molar-refractivity contribution in [3.05, 3.63) is 54.5 Å². The van der Waals surface area contributed by atoms with Crippen molar-refractivity contribution in [3.8, 4) is 5.75 Å². The van der Waals surface area contributed by atoms with Crippen molar-refractivity contribution in [2.75, 3.05) is 31.8 Å². The second-order valence-corrected chi connectivity index (χ2v) is 13.3. The van der Waals surface area contributed by atoms with E-state index in [9.17, 15) is 28.8 Å². The van der Waals surface area contributed by atoms with Gasteiger partial charge in [0.1, 0.15) is 42.0 Å². The van der Waals surface area contributed by atoms with Crippen molar-refractivity contribution < 1.29 is 47.3 Å². The zero-order valence-electron chi connectivity index (χ0n) is 26.9. The van der Waals surface area contributed by atoms with Gasteiger partial charge in [-0.3, -0.25) is 14.1 Å². The number of carbonyl (C=O) groups is 2. The lowest BCUT2D eigenvalue weighted by molar-refractivity contribution is -0.146. The molecule has 1 aliphatic rings. The van der Waals surface area contributed by atoms with Crippen molar-refractivity contribution in [2.24, 2.45) is 5.92 Å². The molecule has 3 aromatic rings. The number of nitrogens with one attached hydrogen (secondary N) is 2. The molecule has 258 valence electrons. The molecule has 47 heavy (non-hydrogen) atoms. The van der Waals surface area contributed by atoms with Gasteiger partial charge >= 0.3 is 13.7 Å². The Hall–Kier alpha value is -3.46. The number of hydrogen-bond donors (Lipinski definition) is 4. The van der Waals surface area contributed by atoms with Gasteiger partial charge in [-0.25, -0.2) is 18.5 Å². The van der Waals surface area contributed by atoms with Crippen LogP contribution in [0.4, 0.5) is 10.2 Å². The van der Waals surface area contributed by atoms with Gasteiger partial charge in [-0.15, -0.1) is 0 Å². The molecule has 1 saturated heterocycles. The van der Waals surface area contributed by atoms with Crippen LogP contribution >= 0.6 is 7.75 Å². The van der Waals surface area contributed by atoms with Crippen LogP contribution in [0.2, 0.25) is 0 Å². The molecule has 0 radical (unpaired) electrons. The average molecular weight is 680 g/mol. The summed E-state index contributed by atoms with van der Waals surface area (Å²) in [5.41, 5.74) is -4.08. The molecule has 4 N–H and O–H groups in total. The SMILES string of the molecule is CCCC(=O)Nc1ncnn2c([C@@]3(O)CO[C@](CF)(CO[P@@](=O)(N[C@@H](C)C(=O)OCC(CC)CC)Oc4ccccc4)[C@H]3O)ccc12. The summed E-state index contributed by atoms with van der Waals surface area (Å²) >= 11 is 0. The van der Waals surface area contributed by atoms with Crippen molar-refractivity contribution in [2.45, 2.75) is 76.7 Å². The molecule has 5 atom stereocenters. The maximum absolute atomic E-state index is 14.8. The first kappa shape index (κ1) is 36.4. The fraction of sp³-hybridized carbons (Fsp3) is 0.548. The Kier molecular flexibility index (Phi) is 12.1. The van der Waals surface area contributed by atoms with E-state index < -0.39 is 57.0 Å². The second kappa shape index (κ2) is 15.6. The summed E-state index contributed by atoms with van der Waals surface area (Å²) in [4.78, 5) is 29.1. The van der Waals surface area contributed by atoms with Crippen molar-refractivity contribution >= 4 is 31.0 Å². The molecule has 14 nitrogen and oxygen atoms in total. The van der Waals surface area contributed by atoms with Crippen LogP contribution in [0, 0.1) is 5.92 Å². The second-order valence-electron chi connectivity index (χ2n) is 11.6. The van der Waals surface area contributed by atoms with E-state index in [1.165, 1.54) is 35.7 Å². The third kappa shape index (κ3) is 8.16. The van der Waals surface area contributed by atoms with E-state index in [1.807, 2.05) is 20.8 Å². The molecule has 0 aliphatic carbocycles. The van der Waals surface area contributed by atoms with Crippen LogP contribution in [0.1, 0.15) is 59.1 Å². The highest BCUT2D eigenvalue weighted by Crippen LogP contribution is 2.49. The number of rotatable bonds is 17. The molecule has 1 amide bonds. The van der Waals surface area contributed by atoms with Gasteiger partial charge in [-0.2, -0.15) is 10.2 Å². The predicted molar refractivity (Wildman–Crippen MR) is 169 cm³/mol. The number of anilines is 1. The standard InChI is InChI=1S/C31H43FN5O9P/c1-5-11-26(38)35-27-24-14-15-25(37(24)34-20-33-27)31(41)19-44-30(17-32,29(31)40)18-45-47(42,46-23-12-9-8-10-13-23)36-21(4)28(39)43-16-22(6-2)7-3/h8-10,12-15,20-22,29,40-41H,5-7,11,16-19H2,1-4H3,(H,36,42)(H,33,34,35,38)/t21-,29+,30+,31-,47-/m0/s1. The number of amides is 1. The topological polar surface area (TPSA) is 183 Å². The first-order valence-electron chi connectivity index (χ1n) is 15.6. The van der Waals surface area contributed by atoms with Crippen molar-refractivity contribution in [3.63, 3.8) is 0 Å². The van der Waals surface area contributed by atoms with Gasteiger partial charge in [-0.05, 0) is 43.5 Å². The number of fused-ring (bicyclic) bond motifs is 1. The predicted octanol–water partition coefficient (Wildman–Crippen LogP) is 3.92. The Morgan fingerprint density at radius 2 is 1.91 bits per heavy atom. The number of benzene rings is 1. The molecule has 0 spiro atoms. The van der Waals surface area contributed by atoms with Gasteiger partial charge in [0.2, 0.25) is 5.91 Å². The summed E-state index contributed by atoms with van der Waals surface area (Å²) in [5, 5.41) is 32.6. The Labute approximate surface area is 272 Å². The molecule has 4 rings (SSSR count). The van der Waals surface area contributed by atoms with E-state index in [2.05, 4.69) is 20.5 Å². The summed E-state index contributed by atoms with van der Waals surface area (Å²) in [5.74, 6) is -0.497. The highest BCUT2D eigenvalue weighted by molar-refractivity contribution is 7.52. The summed E-state index contributed by atoms with van der Waals surface area (Å²) in [6, 6.07) is 9.81. The number of alkyl halides is 1. The Morgan fingerprint density at radius 3 is 2.57 bits per heavy atom. The van der Waals surface area contributed by atoms with E-state index in [4.69, 9.17) is 18.5 Å². The normalized spacial score (nSPS) is 23.0. The smallest absolute Gasteiger partial charge is 0.459 e. The molecule has 0 bridgehead atoms. The van der Waals surface area contributed by atoms with Crippen molar-refractivity contribution in [1.29, 1.82) is 0 Å². The third-order valence-corrected chi connectivity index (χ3v) is 9.78. The maximum Gasteiger partial charge on any atom is 0.459 e. The Morgan fingerprint density at radius 1 is 1.19 bits per heavy atom. The molecule has 1 aromatic carbocycles. The first-order chi connectivity index (χ1) is 22.4. The van der Waals surface area contributed by atoms with Gasteiger partial charge in [0.15, 0.2) is 11.4 Å². The minimum Gasteiger partial charge on any atom is -0.464 e. The quantitative estimate of drug-likeness (QED) is 0.119. The van der Waals surface area contributed by atoms with Gasteiger partial charge in [0.05, 0.1) is 25.5 Å². The highest BCUT2D eigenvalue weighted by atomic mass is 31.2. The summed E-state index contributed by atoms with van der Waals surface area (Å²) < 4.78 is 52.6. The van der Waals surface area contributed by atoms with Crippen LogP contribution in [0.15, 0.2) is 48.8 Å². The number of aliphatic hydroxyl groups excluding tert-OH is 1. The average Bonchev–Trinajstić information content (AvgIpc) is 3.61. The molecular weight excluding hydrogens is 636 g/mol. The largest absolute Gasteiger partial charge is 0.464 e. The lowest BCUT2D eigenvalue weighted by atomic mass is 9.86. The number of esters is 1. The van der Waals surface area contributed by atoms with Crippen LogP contribution in [-0.4, -0.2) is 80.9 Å². The van der Waals surface area contributed by atoms with E-state index in [0.717, 1.165) is 19.2 Å². The van der Waals surface area contributed by atoms with Crippen molar-refractivity contribution in [1.82, 2.24) is 19.7 Å². The summed E-state index contributed by atoms with van der Waals surface area (Å²) in [7, 11) is -4.47. The molecule has 1 aliphatic heterocycles. The van der Waals surface area contributed by atoms with Crippen LogP contribution in [0.3, 0.4) is 0 Å². The van der Waals surface area contributed by atoms with E-state index in [1.54, 1.807) is 18.2 Å². The number of halogens is 1. The summed E-state index contributed by atoms with van der Waals surface area (Å²) in [6.45, 7) is 4.63. The zero-order valence-corrected chi connectivity index (χ0v) is 27.8. The fourth-order valence-electron chi connectivity index (χ4n) is 5.15. The minimum absolute atomic E-state index is 0.0272. The molecular formula is C31H43FN5O9P. The number of aromatic nitrogens is 3. The third-order valence-electron chi connectivity index (χ3n) is 8.16. The Balaban J connectivity index is 1.56. The van der Waals surface area contributed by atoms with Gasteiger partial charge in [-0.1, -0.05) is 51.8 Å². The van der Waals surface area contributed by atoms with Crippen LogP contribution < -0.4 is 14.9 Å². The number of nitrogens with zero attached hydrogens (tertiary/aromatic N) is 3. The lowest BCUT2D eigenvalue weighted by Gasteiger charge is -2.33. The van der Waals surface area contributed by atoms with Gasteiger partial charge in [0.25, 0.3) is 0 Å². The van der Waals surface area contributed by atoms with E-state index in [-0.39, 0.29) is 42.1 Å². The molecule has 3 heterocycles. The van der Waals surface area contributed by atoms with Crippen LogP contribution in [0.25, 0.3) is 5.52 Å². The first-order valence-corrected chi connectivity index (χ1v) is 17.2. The number of ether oxygens (including phenoxy) is 2. The summed E-state index contributed by atoms with van der Waals surface area (Å²) in [6.07, 6.45) is 1.72. The van der Waals surface area contributed by atoms with E-state index in [0.29, 0.717) is 11.9 Å². The fourth-order valence-corrected chi connectivity index (χ4v) is 6.70. The number of para-hydroxylation sites is 1. The number of hydrogen-bond acceptors (Lipinski definition) is 11. The zero-order chi connectivity index (χ0) is 34.2. The van der Waals surface area contributed by atoms with Gasteiger partial charge in [0, 0.05) is 6.42 Å². The molecule has 2 aromatic heterocycles. The lowest BCUT2D eigenvalue weighted by Crippen LogP contribution is -2.53. The minimum atomic E-state index is -4.47. The Bertz CT molecular complexity index is 1560. The molecule has 0 saturated carbocycles. The van der Waals surface area contributed by atoms with Crippen LogP contribution in [0.5, 0.6) is 5.75 Å². The maximum atomic E-state index is 14.8. The van der Waals surface area contributed by atoms with E-state index >= 15 is 0 Å². The molecule has 1 fully saturated rings. The molecule has 0 unspecified atom stereocenters. The number of carbonyl (C=O) groups excluding carboxylic acids is 2.